The maximum Gasteiger partial charge on any atom is 0.229 e. The van der Waals surface area contributed by atoms with Crippen molar-refractivity contribution in [1.82, 2.24) is 0 Å². The van der Waals surface area contributed by atoms with Gasteiger partial charge in [0.1, 0.15) is 11.5 Å². The molecule has 0 saturated carbocycles. The largest absolute Gasteiger partial charge is 0.508 e. The Balaban J connectivity index is 1.79. The molecule has 1 aliphatic heterocycles. The molecule has 2 aromatic rings. The lowest BCUT2D eigenvalue weighted by Gasteiger charge is -2.39. The molecule has 0 saturated heterocycles. The maximum atomic E-state index is 13.5. The number of carbonyl (C=O) groups excluding carboxylic acids is 3. The third-order valence-corrected chi connectivity index (χ3v) is 6.04. The third kappa shape index (κ3) is 2.58. The van der Waals surface area contributed by atoms with E-state index in [2.05, 4.69) is 0 Å². The molecule has 0 amide bonds. The zero-order valence-corrected chi connectivity index (χ0v) is 16.7. The molecule has 1 atom stereocenters. The second kappa shape index (κ2) is 6.26. The molecule has 2 aliphatic carbocycles. The van der Waals surface area contributed by atoms with Gasteiger partial charge in [0.15, 0.2) is 17.3 Å². The number of ketones is 3. The first-order valence-corrected chi connectivity index (χ1v) is 9.93. The summed E-state index contributed by atoms with van der Waals surface area (Å²) in [7, 11) is 0. The summed E-state index contributed by atoms with van der Waals surface area (Å²) in [5.41, 5.74) is 1.19. The highest BCUT2D eigenvalue weighted by Crippen LogP contribution is 2.52. The quantitative estimate of drug-likeness (QED) is 0.763. The molecule has 1 unspecified atom stereocenters. The van der Waals surface area contributed by atoms with Gasteiger partial charge in [-0.15, -0.1) is 0 Å². The molecule has 0 spiro atoms. The Morgan fingerprint density at radius 3 is 2.20 bits per heavy atom. The normalized spacial score (nSPS) is 22.3. The number of aromatic hydroxyl groups is 1. The van der Waals surface area contributed by atoms with Crippen molar-refractivity contribution in [3.8, 4) is 5.75 Å². The maximum absolute atomic E-state index is 13.5. The van der Waals surface area contributed by atoms with Crippen LogP contribution in [0.25, 0.3) is 0 Å². The molecule has 0 fully saturated rings. The molecule has 2 aromatic carbocycles. The predicted molar refractivity (Wildman–Crippen MR) is 109 cm³/mol. The molecule has 5 heteroatoms. The monoisotopic (exact) mass is 400 g/mol. The van der Waals surface area contributed by atoms with Gasteiger partial charge in [-0.3, -0.25) is 14.4 Å². The van der Waals surface area contributed by atoms with Crippen LogP contribution in [-0.4, -0.2) is 22.5 Å². The molecule has 150 valence electrons. The predicted octanol–water partition coefficient (Wildman–Crippen LogP) is 4.48. The van der Waals surface area contributed by atoms with Crippen molar-refractivity contribution < 1.29 is 24.2 Å². The average molecular weight is 400 g/mol. The topological polar surface area (TPSA) is 80.7 Å². The van der Waals surface area contributed by atoms with E-state index in [0.717, 1.165) is 0 Å². The highest BCUT2D eigenvalue weighted by Gasteiger charge is 2.49. The summed E-state index contributed by atoms with van der Waals surface area (Å²) >= 11 is 0. The summed E-state index contributed by atoms with van der Waals surface area (Å²) in [6.45, 7) is 3.94. The highest BCUT2D eigenvalue weighted by molar-refractivity contribution is 6.27. The number of ether oxygens (including phenoxy) is 1. The van der Waals surface area contributed by atoms with Crippen LogP contribution < -0.4 is 0 Å². The van der Waals surface area contributed by atoms with Gasteiger partial charge in [0.25, 0.3) is 0 Å². The Bertz CT molecular complexity index is 1210. The van der Waals surface area contributed by atoms with Crippen LogP contribution in [0, 0.1) is 5.41 Å². The van der Waals surface area contributed by atoms with E-state index < -0.39 is 5.92 Å². The van der Waals surface area contributed by atoms with Gasteiger partial charge >= 0.3 is 0 Å². The van der Waals surface area contributed by atoms with Crippen LogP contribution >= 0.6 is 0 Å². The molecular formula is C25H20O5. The molecule has 5 nitrogen and oxygen atoms in total. The second-order valence-electron chi connectivity index (χ2n) is 8.82. The van der Waals surface area contributed by atoms with Gasteiger partial charge in [-0.25, -0.2) is 0 Å². The van der Waals surface area contributed by atoms with Crippen LogP contribution in [0.5, 0.6) is 5.75 Å². The fourth-order valence-electron chi connectivity index (χ4n) is 4.74. The minimum absolute atomic E-state index is 0.0279. The van der Waals surface area contributed by atoms with E-state index in [9.17, 15) is 19.5 Å². The minimum Gasteiger partial charge on any atom is -0.508 e. The number of fused-ring (bicyclic) bond motifs is 1. The van der Waals surface area contributed by atoms with E-state index in [0.29, 0.717) is 35.3 Å². The van der Waals surface area contributed by atoms with Crippen LogP contribution in [0.3, 0.4) is 0 Å². The van der Waals surface area contributed by atoms with Gasteiger partial charge in [0, 0.05) is 35.1 Å². The SMILES string of the molecule is CC1(C)CC(=O)C2=C(C1)OC1=C(C(=O)c3ccccc3C1=O)C2c1ccccc1O. The third-order valence-electron chi connectivity index (χ3n) is 6.04. The van der Waals surface area contributed by atoms with Crippen molar-refractivity contribution in [3.05, 3.63) is 87.9 Å². The number of Topliss-reactive ketones (excluding diaryl/α,β-unsaturated/α-hetero) is 3. The van der Waals surface area contributed by atoms with Crippen molar-refractivity contribution in [2.24, 2.45) is 5.41 Å². The van der Waals surface area contributed by atoms with Gasteiger partial charge < -0.3 is 9.84 Å². The second-order valence-corrected chi connectivity index (χ2v) is 8.82. The van der Waals surface area contributed by atoms with E-state index in [1.807, 2.05) is 13.8 Å². The summed E-state index contributed by atoms with van der Waals surface area (Å²) in [6.07, 6.45) is 0.776. The number of carbonyl (C=O) groups is 3. The Morgan fingerprint density at radius 2 is 1.50 bits per heavy atom. The molecule has 0 radical (unpaired) electrons. The van der Waals surface area contributed by atoms with E-state index in [1.54, 1.807) is 42.5 Å². The zero-order chi connectivity index (χ0) is 21.2. The van der Waals surface area contributed by atoms with E-state index in [1.165, 1.54) is 6.07 Å². The lowest BCUT2D eigenvalue weighted by Crippen LogP contribution is -2.37. The first-order valence-electron chi connectivity index (χ1n) is 9.93. The summed E-state index contributed by atoms with van der Waals surface area (Å²) in [4.78, 5) is 40.0. The number of rotatable bonds is 1. The molecule has 0 aromatic heterocycles. The lowest BCUT2D eigenvalue weighted by molar-refractivity contribution is -0.119. The standard InChI is InChI=1S/C25H20O5/c1-25(2)11-17(27)20-18(12-25)30-24-21(19(20)15-9-5-6-10-16(15)26)22(28)13-7-3-4-8-14(13)23(24)29/h3-10,19,26H,11-12H2,1-2H3. The van der Waals surface area contributed by atoms with Crippen LogP contribution in [0.15, 0.2) is 71.2 Å². The van der Waals surface area contributed by atoms with E-state index >= 15 is 0 Å². The summed E-state index contributed by atoms with van der Waals surface area (Å²) < 4.78 is 6.02. The summed E-state index contributed by atoms with van der Waals surface area (Å²) in [6, 6.07) is 13.2. The van der Waals surface area contributed by atoms with E-state index in [-0.39, 0.29) is 45.4 Å². The summed E-state index contributed by atoms with van der Waals surface area (Å²) in [5, 5.41) is 10.6. The molecule has 5 rings (SSSR count). The number of hydrogen-bond donors (Lipinski definition) is 1. The Hall–Kier alpha value is -3.47. The van der Waals surface area contributed by atoms with Crippen LogP contribution in [0.1, 0.15) is 58.9 Å². The number of hydrogen-bond acceptors (Lipinski definition) is 5. The van der Waals surface area contributed by atoms with Gasteiger partial charge in [-0.05, 0) is 11.5 Å². The Morgan fingerprint density at radius 1 is 0.867 bits per heavy atom. The summed E-state index contributed by atoms with van der Waals surface area (Å²) in [5.74, 6) is -1.32. The van der Waals surface area contributed by atoms with Crippen LogP contribution in [-0.2, 0) is 9.53 Å². The fraction of sp³-hybridized carbons (Fsp3) is 0.240. The average Bonchev–Trinajstić information content (AvgIpc) is 2.70. The molecule has 30 heavy (non-hydrogen) atoms. The number of allylic oxidation sites excluding steroid dienone is 4. The molecule has 1 heterocycles. The van der Waals surface area contributed by atoms with Crippen molar-refractivity contribution in [1.29, 1.82) is 0 Å². The lowest BCUT2D eigenvalue weighted by atomic mass is 9.67. The van der Waals surface area contributed by atoms with Crippen LogP contribution in [0.4, 0.5) is 0 Å². The molecule has 3 aliphatic rings. The molecule has 0 bridgehead atoms. The number of phenolic OH excluding ortho intramolecular Hbond substituents is 1. The van der Waals surface area contributed by atoms with Crippen molar-refractivity contribution in [3.63, 3.8) is 0 Å². The van der Waals surface area contributed by atoms with Crippen molar-refractivity contribution in [2.75, 3.05) is 0 Å². The minimum atomic E-state index is -0.835. The Labute approximate surface area is 173 Å². The number of phenols is 1. The number of para-hydroxylation sites is 1. The first kappa shape index (κ1) is 18.6. The fourth-order valence-corrected chi connectivity index (χ4v) is 4.74. The smallest absolute Gasteiger partial charge is 0.229 e. The van der Waals surface area contributed by atoms with Gasteiger partial charge in [0.05, 0.1) is 11.5 Å². The van der Waals surface area contributed by atoms with Crippen molar-refractivity contribution >= 4 is 17.3 Å². The Kier molecular flexibility index (Phi) is 3.87. The van der Waals surface area contributed by atoms with Crippen LogP contribution in [0.2, 0.25) is 0 Å². The van der Waals surface area contributed by atoms with E-state index in [4.69, 9.17) is 4.74 Å². The van der Waals surface area contributed by atoms with Crippen molar-refractivity contribution in [2.45, 2.75) is 32.6 Å². The van der Waals surface area contributed by atoms with Gasteiger partial charge in [-0.1, -0.05) is 56.3 Å². The molecular weight excluding hydrogens is 380 g/mol. The van der Waals surface area contributed by atoms with Gasteiger partial charge in [0.2, 0.25) is 5.78 Å². The highest BCUT2D eigenvalue weighted by atomic mass is 16.5. The number of benzene rings is 2. The first-order chi connectivity index (χ1) is 14.3. The van der Waals surface area contributed by atoms with Gasteiger partial charge in [-0.2, -0.15) is 0 Å². The molecule has 1 N–H and O–H groups in total. The zero-order valence-electron chi connectivity index (χ0n) is 16.7.